The molecule has 1 saturated heterocycles. The number of unbranched alkanes of at least 4 members (excludes halogenated alkanes) is 14. The van der Waals surface area contributed by atoms with Gasteiger partial charge in [-0.05, 0) is 6.42 Å². The Morgan fingerprint density at radius 3 is 1.52 bits per heavy atom. The minimum atomic E-state index is -1.30. The Labute approximate surface area is 275 Å². The lowest BCUT2D eigenvalue weighted by Gasteiger charge is -2.44. The highest BCUT2D eigenvalue weighted by Gasteiger charge is 2.52. The van der Waals surface area contributed by atoms with Gasteiger partial charge in [-0.3, -0.25) is 24.0 Å². The number of esters is 4. The molecule has 0 spiro atoms. The van der Waals surface area contributed by atoms with Crippen molar-refractivity contribution in [3.05, 3.63) is 0 Å². The molecule has 1 aliphatic heterocycles. The van der Waals surface area contributed by atoms with Gasteiger partial charge in [0.1, 0.15) is 12.7 Å². The minimum absolute atomic E-state index is 0.0155. The first-order valence-corrected chi connectivity index (χ1v) is 17.2. The van der Waals surface area contributed by atoms with Crippen LogP contribution in [-0.4, -0.2) is 80.2 Å². The standard InChI is InChI=1S/C34H59NO11/c1-6-7-8-9-10-11-12-13-14-15-16-17-18-19-20-21-30(40)35-22-23-41-34-33(45-28(5)39)32(44-27(4)38)31(43-26(3)37)29(46-34)24-42-25(2)36/h29,31-34H,6-24H2,1-5H3,(H,35,40)/t29-,31+,32+,33-,34-/m1/s1. The molecule has 0 aromatic rings. The van der Waals surface area contributed by atoms with Gasteiger partial charge in [0.25, 0.3) is 0 Å². The highest BCUT2D eigenvalue weighted by Crippen LogP contribution is 2.30. The summed E-state index contributed by atoms with van der Waals surface area (Å²) in [4.78, 5) is 59.4. The number of amides is 1. The summed E-state index contributed by atoms with van der Waals surface area (Å²) in [6, 6.07) is 0. The van der Waals surface area contributed by atoms with E-state index in [4.69, 9.17) is 28.4 Å². The molecular weight excluding hydrogens is 598 g/mol. The summed E-state index contributed by atoms with van der Waals surface area (Å²) in [5, 5.41) is 2.81. The quantitative estimate of drug-likeness (QED) is 0.0756. The Morgan fingerprint density at radius 2 is 1.04 bits per heavy atom. The highest BCUT2D eigenvalue weighted by molar-refractivity contribution is 5.75. The zero-order chi connectivity index (χ0) is 34.2. The lowest BCUT2D eigenvalue weighted by molar-refractivity contribution is -0.307. The first-order chi connectivity index (χ1) is 22.0. The minimum Gasteiger partial charge on any atom is -0.463 e. The number of ether oxygens (including phenoxy) is 6. The molecule has 0 aliphatic carbocycles. The molecule has 1 fully saturated rings. The van der Waals surface area contributed by atoms with Crippen LogP contribution in [0.15, 0.2) is 0 Å². The van der Waals surface area contributed by atoms with Crippen LogP contribution in [0, 0.1) is 0 Å². The lowest BCUT2D eigenvalue weighted by Crippen LogP contribution is -2.63. The van der Waals surface area contributed by atoms with Crippen molar-refractivity contribution in [2.24, 2.45) is 0 Å². The third kappa shape index (κ3) is 19.7. The molecule has 266 valence electrons. The van der Waals surface area contributed by atoms with Gasteiger partial charge >= 0.3 is 23.9 Å². The van der Waals surface area contributed by atoms with E-state index in [0.29, 0.717) is 6.42 Å². The Balaban J connectivity index is 2.41. The molecule has 46 heavy (non-hydrogen) atoms. The molecule has 0 saturated carbocycles. The molecule has 1 amide bonds. The summed E-state index contributed by atoms with van der Waals surface area (Å²) in [7, 11) is 0. The summed E-state index contributed by atoms with van der Waals surface area (Å²) >= 11 is 0. The number of hydrogen-bond donors (Lipinski definition) is 1. The molecule has 1 heterocycles. The van der Waals surface area contributed by atoms with E-state index >= 15 is 0 Å². The van der Waals surface area contributed by atoms with E-state index in [9.17, 15) is 24.0 Å². The van der Waals surface area contributed by atoms with E-state index in [1.165, 1.54) is 84.0 Å². The summed E-state index contributed by atoms with van der Waals surface area (Å²) in [5.74, 6) is -2.85. The zero-order valence-electron chi connectivity index (χ0n) is 28.8. The van der Waals surface area contributed by atoms with Crippen LogP contribution in [0.25, 0.3) is 0 Å². The Kier molecular flexibility index (Phi) is 22.8. The topological polar surface area (TPSA) is 153 Å². The van der Waals surface area contributed by atoms with E-state index in [0.717, 1.165) is 40.0 Å². The summed E-state index contributed by atoms with van der Waals surface area (Å²) in [5.41, 5.74) is 0. The van der Waals surface area contributed by atoms with Crippen LogP contribution in [0.5, 0.6) is 0 Å². The number of hydrogen-bond acceptors (Lipinski definition) is 11. The van der Waals surface area contributed by atoms with Crippen molar-refractivity contribution in [3.8, 4) is 0 Å². The van der Waals surface area contributed by atoms with E-state index in [1.807, 2.05) is 0 Å². The van der Waals surface area contributed by atoms with Crippen LogP contribution in [-0.2, 0) is 52.4 Å². The fraction of sp³-hybridized carbons (Fsp3) is 0.853. The maximum atomic E-state index is 12.3. The van der Waals surface area contributed by atoms with Gasteiger partial charge in [0.15, 0.2) is 24.6 Å². The largest absolute Gasteiger partial charge is 0.463 e. The summed E-state index contributed by atoms with van der Waals surface area (Å²) in [6.07, 6.45) is 13.1. The zero-order valence-corrected chi connectivity index (χ0v) is 28.8. The van der Waals surface area contributed by atoms with Crippen molar-refractivity contribution >= 4 is 29.8 Å². The van der Waals surface area contributed by atoms with Crippen molar-refractivity contribution < 1.29 is 52.4 Å². The summed E-state index contributed by atoms with van der Waals surface area (Å²) in [6.45, 7) is 6.71. The number of carbonyl (C=O) groups is 5. The number of rotatable bonds is 25. The number of carbonyl (C=O) groups excluding carboxylic acids is 5. The third-order valence-electron chi connectivity index (χ3n) is 7.66. The average Bonchev–Trinajstić information content (AvgIpc) is 2.98. The van der Waals surface area contributed by atoms with Crippen LogP contribution in [0.4, 0.5) is 0 Å². The van der Waals surface area contributed by atoms with E-state index in [2.05, 4.69) is 12.2 Å². The highest BCUT2D eigenvalue weighted by atomic mass is 16.7. The second-order valence-corrected chi connectivity index (χ2v) is 12.0. The molecular formula is C34H59NO11. The summed E-state index contributed by atoms with van der Waals surface area (Å²) < 4.78 is 32.8. The molecule has 1 aliphatic rings. The second kappa shape index (κ2) is 25.4. The van der Waals surface area contributed by atoms with Crippen molar-refractivity contribution in [2.45, 2.75) is 168 Å². The molecule has 0 radical (unpaired) electrons. The van der Waals surface area contributed by atoms with Gasteiger partial charge in [-0.2, -0.15) is 0 Å². The van der Waals surface area contributed by atoms with Crippen molar-refractivity contribution in [3.63, 3.8) is 0 Å². The molecule has 0 aromatic carbocycles. The maximum absolute atomic E-state index is 12.3. The van der Waals surface area contributed by atoms with Gasteiger partial charge < -0.3 is 33.7 Å². The van der Waals surface area contributed by atoms with Crippen LogP contribution in [0.3, 0.4) is 0 Å². The lowest BCUT2D eigenvalue weighted by atomic mass is 9.98. The van der Waals surface area contributed by atoms with Gasteiger partial charge in [0.2, 0.25) is 5.91 Å². The van der Waals surface area contributed by atoms with Gasteiger partial charge in [0, 0.05) is 40.7 Å². The molecule has 1 rings (SSSR count). The predicted octanol–water partition coefficient (Wildman–Crippen LogP) is 5.46. The molecule has 12 heteroatoms. The van der Waals surface area contributed by atoms with Crippen molar-refractivity contribution in [1.82, 2.24) is 5.32 Å². The second-order valence-electron chi connectivity index (χ2n) is 12.0. The SMILES string of the molecule is CCCCCCCCCCCCCCCCCC(=O)NCCO[C@@H]1O[C@H](COC(C)=O)[C@H](OC(C)=O)[C@H](OC(C)=O)[C@H]1OC(C)=O. The fourth-order valence-electron chi connectivity index (χ4n) is 5.43. The number of nitrogens with one attached hydrogen (secondary N) is 1. The monoisotopic (exact) mass is 657 g/mol. The molecule has 12 nitrogen and oxygen atoms in total. The molecule has 1 N–H and O–H groups in total. The van der Waals surface area contributed by atoms with Crippen LogP contribution < -0.4 is 5.32 Å². The molecule has 0 bridgehead atoms. The molecule has 5 atom stereocenters. The first-order valence-electron chi connectivity index (χ1n) is 17.2. The van der Waals surface area contributed by atoms with Crippen LogP contribution in [0.1, 0.15) is 137 Å². The van der Waals surface area contributed by atoms with Gasteiger partial charge in [-0.15, -0.1) is 0 Å². The van der Waals surface area contributed by atoms with Crippen molar-refractivity contribution in [1.29, 1.82) is 0 Å². The average molecular weight is 658 g/mol. The van der Waals surface area contributed by atoms with E-state index < -0.39 is 54.6 Å². The van der Waals surface area contributed by atoms with Gasteiger partial charge in [-0.25, -0.2) is 0 Å². The Hall–Kier alpha value is -2.73. The molecule has 0 aromatic heterocycles. The van der Waals surface area contributed by atoms with Crippen LogP contribution >= 0.6 is 0 Å². The maximum Gasteiger partial charge on any atom is 0.303 e. The Bertz CT molecular complexity index is 896. The van der Waals surface area contributed by atoms with Crippen molar-refractivity contribution in [2.75, 3.05) is 19.8 Å². The van der Waals surface area contributed by atoms with Gasteiger partial charge in [-0.1, -0.05) is 96.8 Å². The van der Waals surface area contributed by atoms with Gasteiger partial charge in [0.05, 0.1) is 6.61 Å². The van der Waals surface area contributed by atoms with E-state index in [-0.39, 0.29) is 25.7 Å². The molecule has 0 unspecified atom stereocenters. The third-order valence-corrected chi connectivity index (χ3v) is 7.66. The fourth-order valence-corrected chi connectivity index (χ4v) is 5.43. The first kappa shape index (κ1) is 41.3. The predicted molar refractivity (Wildman–Crippen MR) is 170 cm³/mol. The normalized spacial score (nSPS) is 20.8. The smallest absolute Gasteiger partial charge is 0.303 e. The van der Waals surface area contributed by atoms with E-state index in [1.54, 1.807) is 0 Å². The van der Waals surface area contributed by atoms with Crippen LogP contribution in [0.2, 0.25) is 0 Å². The Morgan fingerprint density at radius 1 is 0.587 bits per heavy atom.